The van der Waals surface area contributed by atoms with Gasteiger partial charge in [0.1, 0.15) is 0 Å². The van der Waals surface area contributed by atoms with Crippen LogP contribution in [-0.4, -0.2) is 42.9 Å². The third-order valence-corrected chi connectivity index (χ3v) is 5.98. The molecule has 1 fully saturated rings. The number of nitrogens with one attached hydrogen (secondary N) is 1. The van der Waals surface area contributed by atoms with Crippen LogP contribution in [0.1, 0.15) is 37.7 Å². The van der Waals surface area contributed by atoms with E-state index in [2.05, 4.69) is 21.2 Å². The maximum atomic E-state index is 13.4. The van der Waals surface area contributed by atoms with Gasteiger partial charge in [-0.25, -0.2) is 0 Å². The second kappa shape index (κ2) is 7.60. The molecular formula is C21H23BrN2O3. The first-order chi connectivity index (χ1) is 13.1. The average molecular weight is 431 g/mol. The third-order valence-electron chi connectivity index (χ3n) is 5.49. The van der Waals surface area contributed by atoms with Crippen molar-refractivity contribution in [2.75, 3.05) is 26.3 Å². The molecule has 0 radical (unpaired) electrons. The number of ether oxygens (including phenoxy) is 1. The van der Waals surface area contributed by atoms with E-state index in [-0.39, 0.29) is 17.6 Å². The number of rotatable bonds is 2. The lowest BCUT2D eigenvalue weighted by molar-refractivity contribution is -0.131. The molecule has 4 rings (SSSR count). The third kappa shape index (κ3) is 3.48. The first-order valence-electron chi connectivity index (χ1n) is 9.43. The Morgan fingerprint density at radius 2 is 2.04 bits per heavy atom. The molecule has 1 aromatic carbocycles. The van der Waals surface area contributed by atoms with Crippen LogP contribution in [0.4, 0.5) is 0 Å². The van der Waals surface area contributed by atoms with Crippen molar-refractivity contribution in [1.29, 1.82) is 0 Å². The fraction of sp³-hybridized carbons (Fsp3) is 0.429. The highest BCUT2D eigenvalue weighted by atomic mass is 79.9. The van der Waals surface area contributed by atoms with Crippen LogP contribution in [0, 0.1) is 0 Å². The number of hydrogen-bond acceptors (Lipinski definition) is 4. The molecule has 27 heavy (non-hydrogen) atoms. The number of carbonyl (C=O) groups is 2. The Morgan fingerprint density at radius 3 is 2.78 bits per heavy atom. The predicted octanol–water partition coefficient (Wildman–Crippen LogP) is 3.28. The zero-order chi connectivity index (χ0) is 19.0. The molecule has 6 heteroatoms. The molecule has 1 aromatic rings. The highest BCUT2D eigenvalue weighted by Crippen LogP contribution is 2.43. The number of nitrogens with zero attached hydrogens (tertiary/aromatic N) is 1. The molecule has 2 heterocycles. The van der Waals surface area contributed by atoms with Crippen molar-refractivity contribution in [3.8, 4) is 0 Å². The molecule has 0 bridgehead atoms. The van der Waals surface area contributed by atoms with E-state index in [1.54, 1.807) is 0 Å². The van der Waals surface area contributed by atoms with Crippen LogP contribution in [0.2, 0.25) is 0 Å². The Hall–Kier alpha value is -1.92. The van der Waals surface area contributed by atoms with Gasteiger partial charge < -0.3 is 15.0 Å². The normalized spacial score (nSPS) is 23.3. The highest BCUT2D eigenvalue weighted by molar-refractivity contribution is 9.10. The van der Waals surface area contributed by atoms with Crippen LogP contribution in [0.25, 0.3) is 0 Å². The van der Waals surface area contributed by atoms with E-state index in [4.69, 9.17) is 4.74 Å². The maximum Gasteiger partial charge on any atom is 0.252 e. The van der Waals surface area contributed by atoms with Gasteiger partial charge in [0.05, 0.1) is 13.2 Å². The number of benzene rings is 1. The SMILES string of the molecule is CC1=C(C(=O)N2CCOCC2)[C@H](c2cccc(Br)c2)C2=C(CCCC2=O)N1. The molecule has 1 N–H and O–H groups in total. The summed E-state index contributed by atoms with van der Waals surface area (Å²) in [6.07, 6.45) is 2.25. The summed E-state index contributed by atoms with van der Waals surface area (Å²) in [5.41, 5.74) is 4.26. The van der Waals surface area contributed by atoms with Crippen LogP contribution in [-0.2, 0) is 14.3 Å². The molecule has 1 atom stereocenters. The number of Topliss-reactive ketones (excluding diaryl/α,β-unsaturated/α-hetero) is 1. The average Bonchev–Trinajstić information content (AvgIpc) is 2.67. The Labute approximate surface area is 167 Å². The second-order valence-corrected chi connectivity index (χ2v) is 8.14. The molecule has 0 saturated carbocycles. The molecule has 1 saturated heterocycles. The van der Waals surface area contributed by atoms with Crippen molar-refractivity contribution in [2.24, 2.45) is 0 Å². The van der Waals surface area contributed by atoms with Crippen molar-refractivity contribution in [3.05, 3.63) is 56.8 Å². The van der Waals surface area contributed by atoms with Gasteiger partial charge in [-0.15, -0.1) is 0 Å². The minimum Gasteiger partial charge on any atom is -0.378 e. The Kier molecular flexibility index (Phi) is 5.19. The Balaban J connectivity index is 1.82. The van der Waals surface area contributed by atoms with Crippen LogP contribution in [0.15, 0.2) is 51.3 Å². The van der Waals surface area contributed by atoms with E-state index in [0.717, 1.165) is 39.8 Å². The van der Waals surface area contributed by atoms with E-state index in [0.29, 0.717) is 38.3 Å². The van der Waals surface area contributed by atoms with Gasteiger partial charge in [0.25, 0.3) is 5.91 Å². The first-order valence-corrected chi connectivity index (χ1v) is 10.2. The second-order valence-electron chi connectivity index (χ2n) is 7.23. The van der Waals surface area contributed by atoms with Gasteiger partial charge in [-0.3, -0.25) is 9.59 Å². The fourth-order valence-corrected chi connectivity index (χ4v) is 4.64. The smallest absolute Gasteiger partial charge is 0.252 e. The lowest BCUT2D eigenvalue weighted by Crippen LogP contribution is -2.44. The van der Waals surface area contributed by atoms with Gasteiger partial charge in [-0.1, -0.05) is 28.1 Å². The zero-order valence-electron chi connectivity index (χ0n) is 15.4. The van der Waals surface area contributed by atoms with E-state index in [9.17, 15) is 9.59 Å². The van der Waals surface area contributed by atoms with Gasteiger partial charge in [0.15, 0.2) is 5.78 Å². The number of hydrogen-bond donors (Lipinski definition) is 1. The van der Waals surface area contributed by atoms with Gasteiger partial charge >= 0.3 is 0 Å². The zero-order valence-corrected chi connectivity index (χ0v) is 17.0. The summed E-state index contributed by atoms with van der Waals surface area (Å²) in [5, 5.41) is 3.38. The minimum absolute atomic E-state index is 0.00167. The van der Waals surface area contributed by atoms with E-state index in [1.807, 2.05) is 36.1 Å². The summed E-state index contributed by atoms with van der Waals surface area (Å²) in [6.45, 7) is 4.22. The summed E-state index contributed by atoms with van der Waals surface area (Å²) >= 11 is 3.54. The lowest BCUT2D eigenvalue weighted by atomic mass is 9.75. The monoisotopic (exact) mass is 430 g/mol. The van der Waals surface area contributed by atoms with Crippen LogP contribution >= 0.6 is 15.9 Å². The van der Waals surface area contributed by atoms with Gasteiger partial charge in [0.2, 0.25) is 0 Å². The van der Waals surface area contributed by atoms with Gasteiger partial charge in [-0.2, -0.15) is 0 Å². The van der Waals surface area contributed by atoms with Crippen LogP contribution in [0.5, 0.6) is 0 Å². The molecule has 3 aliphatic rings. The Bertz CT molecular complexity index is 853. The number of halogens is 1. The van der Waals surface area contributed by atoms with E-state index < -0.39 is 0 Å². The van der Waals surface area contributed by atoms with E-state index in [1.165, 1.54) is 0 Å². The number of amides is 1. The summed E-state index contributed by atoms with van der Waals surface area (Å²) in [4.78, 5) is 28.2. The number of dihydropyridines is 1. The molecule has 1 amide bonds. The van der Waals surface area contributed by atoms with Crippen molar-refractivity contribution in [3.63, 3.8) is 0 Å². The fourth-order valence-electron chi connectivity index (χ4n) is 4.22. The summed E-state index contributed by atoms with van der Waals surface area (Å²) in [5.74, 6) is -0.173. The molecular weight excluding hydrogens is 408 g/mol. The molecule has 0 spiro atoms. The largest absolute Gasteiger partial charge is 0.378 e. The first kappa shape index (κ1) is 18.4. The number of morpholine rings is 1. The Morgan fingerprint density at radius 1 is 1.26 bits per heavy atom. The lowest BCUT2D eigenvalue weighted by Gasteiger charge is -2.37. The topological polar surface area (TPSA) is 58.6 Å². The summed E-state index contributed by atoms with van der Waals surface area (Å²) in [7, 11) is 0. The molecule has 0 unspecified atom stereocenters. The number of allylic oxidation sites excluding steroid dienone is 3. The van der Waals surface area contributed by atoms with Crippen molar-refractivity contribution >= 4 is 27.6 Å². The molecule has 2 aliphatic heterocycles. The molecule has 0 aromatic heterocycles. The number of carbonyl (C=O) groups excluding carboxylic acids is 2. The standard InChI is InChI=1S/C21H23BrN2O3/c1-13-18(21(26)24-8-10-27-11-9-24)19(14-4-2-5-15(22)12-14)20-16(23-13)6-3-7-17(20)25/h2,4-5,12,19,23H,3,6-11H2,1H3/t19-/m0/s1. The minimum atomic E-state index is -0.318. The molecule has 1 aliphatic carbocycles. The molecule has 5 nitrogen and oxygen atoms in total. The van der Waals surface area contributed by atoms with Gasteiger partial charge in [0, 0.05) is 52.4 Å². The van der Waals surface area contributed by atoms with Gasteiger partial charge in [-0.05, 0) is 37.5 Å². The van der Waals surface area contributed by atoms with Crippen LogP contribution in [0.3, 0.4) is 0 Å². The maximum absolute atomic E-state index is 13.4. The summed E-state index contributed by atoms with van der Waals surface area (Å²) in [6, 6.07) is 7.94. The number of ketones is 1. The van der Waals surface area contributed by atoms with Crippen molar-refractivity contribution < 1.29 is 14.3 Å². The van der Waals surface area contributed by atoms with Crippen molar-refractivity contribution in [2.45, 2.75) is 32.1 Å². The van der Waals surface area contributed by atoms with Crippen LogP contribution < -0.4 is 5.32 Å². The van der Waals surface area contributed by atoms with Crippen molar-refractivity contribution in [1.82, 2.24) is 10.2 Å². The predicted molar refractivity (Wildman–Crippen MR) is 106 cm³/mol. The van der Waals surface area contributed by atoms with E-state index >= 15 is 0 Å². The quantitative estimate of drug-likeness (QED) is 0.781. The highest BCUT2D eigenvalue weighted by Gasteiger charge is 2.39. The molecule has 142 valence electrons. The summed E-state index contributed by atoms with van der Waals surface area (Å²) < 4.78 is 6.34.